The fraction of sp³-hybridized carbons (Fsp3) is 0.848. The number of Topliss-reactive ketones (excluding diaryl/α,β-unsaturated/α-hetero) is 1. The molecule has 2 N–H and O–H groups in total. The smallest absolute Gasteiger partial charge is 0.190 e. The van der Waals surface area contributed by atoms with Gasteiger partial charge in [0, 0.05) is 16.2 Å². The number of aliphatic hydroxyl groups is 2. The van der Waals surface area contributed by atoms with Gasteiger partial charge in [-0.15, -0.1) is 0 Å². The quantitative estimate of drug-likeness (QED) is 0.215. The molecule has 7 nitrogen and oxygen atoms in total. The van der Waals surface area contributed by atoms with E-state index in [4.69, 9.17) is 17.7 Å². The van der Waals surface area contributed by atoms with Crippen LogP contribution in [0.25, 0.3) is 0 Å². The summed E-state index contributed by atoms with van der Waals surface area (Å²) in [4.78, 5) is 12.9. The molecule has 252 valence electrons. The Hall–Kier alpha value is -0.222. The Bertz CT molecular complexity index is 1100. The molecule has 0 saturated heterocycles. The maximum absolute atomic E-state index is 12.9. The molecule has 0 aromatic carbocycles. The van der Waals surface area contributed by atoms with Crippen molar-refractivity contribution in [1.29, 1.82) is 0 Å². The van der Waals surface area contributed by atoms with E-state index in [0.717, 1.165) is 32.1 Å². The van der Waals surface area contributed by atoms with E-state index in [0.29, 0.717) is 24.2 Å². The van der Waals surface area contributed by atoms with E-state index < -0.39 is 62.5 Å². The predicted octanol–water partition coefficient (Wildman–Crippen LogP) is 3.30. The molecule has 0 spiro atoms. The molecule has 7 atom stereocenters. The lowest BCUT2D eigenvalue weighted by atomic mass is 9.42. The number of rotatable bonds is 14. The molecule has 0 aromatic heterocycles. The number of carbonyl (C=O) groups is 1. The number of allylic oxidation sites excluding steroid dienone is 4. The van der Waals surface area contributed by atoms with E-state index in [1.54, 1.807) is 0 Å². The van der Waals surface area contributed by atoms with Crippen LogP contribution >= 0.6 is 0 Å². The lowest BCUT2D eigenvalue weighted by molar-refractivity contribution is -0.169. The fourth-order valence-corrected chi connectivity index (χ4v) is 14.0. The van der Waals surface area contributed by atoms with Crippen molar-refractivity contribution in [1.82, 2.24) is 0 Å². The third kappa shape index (κ3) is 5.76. The molecule has 44 heavy (non-hydrogen) atoms. The number of hydrogen-bond acceptors (Lipinski definition) is 7. The molecular weight excluding hydrogens is 621 g/mol. The first-order valence-corrected chi connectivity index (χ1v) is 25.4. The van der Waals surface area contributed by atoms with Gasteiger partial charge in [-0.2, -0.15) is 0 Å². The van der Waals surface area contributed by atoms with Gasteiger partial charge in [0.15, 0.2) is 44.8 Å². The Balaban J connectivity index is 1.83. The van der Waals surface area contributed by atoms with Crippen LogP contribution in [0.1, 0.15) is 80.1 Å². The molecule has 4 aliphatic carbocycles. The van der Waals surface area contributed by atoms with E-state index >= 15 is 0 Å². The Morgan fingerprint density at radius 3 is 1.93 bits per heavy atom. The van der Waals surface area contributed by atoms with Gasteiger partial charge in [-0.3, -0.25) is 4.79 Å². The topological polar surface area (TPSA) is 94.5 Å². The molecule has 0 aliphatic heterocycles. The maximum Gasteiger partial charge on any atom is 0.190 e. The zero-order chi connectivity index (χ0) is 32.7. The molecule has 0 bridgehead atoms. The summed E-state index contributed by atoms with van der Waals surface area (Å²) in [5.41, 5.74) is 0.421. The molecule has 11 heteroatoms. The zero-order valence-electron chi connectivity index (χ0n) is 29.3. The van der Waals surface area contributed by atoms with Gasteiger partial charge in [-0.25, -0.2) is 0 Å². The molecule has 2 unspecified atom stereocenters. The van der Waals surface area contributed by atoms with Crippen molar-refractivity contribution in [3.05, 3.63) is 23.3 Å². The second kappa shape index (κ2) is 13.7. The lowest BCUT2D eigenvalue weighted by Gasteiger charge is -2.63. The van der Waals surface area contributed by atoms with Crippen molar-refractivity contribution < 1.29 is 32.7 Å². The minimum absolute atomic E-state index is 0.102. The van der Waals surface area contributed by atoms with E-state index in [9.17, 15) is 15.0 Å². The molecule has 0 aromatic rings. The number of hydrogen-bond donors (Lipinski definition) is 2. The van der Waals surface area contributed by atoms with Gasteiger partial charge in [-0.05, 0) is 67.6 Å². The monoisotopic (exact) mass is 682 g/mol. The van der Waals surface area contributed by atoms with E-state index in [1.807, 2.05) is 0 Å². The van der Waals surface area contributed by atoms with Crippen LogP contribution < -0.4 is 0 Å². The first kappa shape index (κ1) is 36.6. The van der Waals surface area contributed by atoms with Crippen LogP contribution in [-0.4, -0.2) is 79.8 Å². The number of carbonyl (C=O) groups excluding carboxylic acids is 1. The first-order valence-electron chi connectivity index (χ1n) is 17.4. The molecule has 0 amide bonds. The van der Waals surface area contributed by atoms with Crippen LogP contribution in [0.5, 0.6) is 0 Å². The highest BCUT2D eigenvalue weighted by atomic mass is 28.2. The second-order valence-corrected chi connectivity index (χ2v) is 19.1. The van der Waals surface area contributed by atoms with Crippen LogP contribution in [0, 0.1) is 45.3 Å². The summed E-state index contributed by atoms with van der Waals surface area (Å²) < 4.78 is 25.9. The van der Waals surface area contributed by atoms with Crippen molar-refractivity contribution in [2.45, 2.75) is 124 Å². The van der Waals surface area contributed by atoms with Crippen LogP contribution in [-0.2, 0) is 22.5 Å². The summed E-state index contributed by atoms with van der Waals surface area (Å²) in [6.45, 7) is 22.3. The van der Waals surface area contributed by atoms with Crippen molar-refractivity contribution in [3.63, 3.8) is 0 Å². The second-order valence-electron chi connectivity index (χ2n) is 15.5. The van der Waals surface area contributed by atoms with Crippen molar-refractivity contribution in [2.24, 2.45) is 45.3 Å². The highest BCUT2D eigenvalue weighted by Crippen LogP contribution is 2.70. The summed E-state index contributed by atoms with van der Waals surface area (Å²) in [7, 11) is -2.64. The summed E-state index contributed by atoms with van der Waals surface area (Å²) in [6.07, 6.45) is 9.37. The Kier molecular flexibility index (Phi) is 11.4. The van der Waals surface area contributed by atoms with Gasteiger partial charge >= 0.3 is 0 Å². The van der Waals surface area contributed by atoms with Gasteiger partial charge in [0.2, 0.25) is 0 Å². The van der Waals surface area contributed by atoms with Gasteiger partial charge in [-0.1, -0.05) is 91.0 Å². The molecule has 0 radical (unpaired) electrons. The summed E-state index contributed by atoms with van der Waals surface area (Å²) in [6, 6.07) is 0. The Labute approximate surface area is 276 Å². The van der Waals surface area contributed by atoms with Crippen LogP contribution in [0.15, 0.2) is 23.3 Å². The molecule has 3 saturated carbocycles. The minimum atomic E-state index is -1.46. The fourth-order valence-electron chi connectivity index (χ4n) is 10.3. The van der Waals surface area contributed by atoms with E-state index in [1.165, 1.54) is 11.1 Å². The predicted molar refractivity (Wildman–Crippen MR) is 188 cm³/mol. The van der Waals surface area contributed by atoms with E-state index in [2.05, 4.69) is 79.9 Å². The average Bonchev–Trinajstić information content (AvgIpc) is 3.26. The molecule has 4 aliphatic rings. The van der Waals surface area contributed by atoms with Gasteiger partial charge in [0.1, 0.15) is 24.8 Å². The van der Waals surface area contributed by atoms with Crippen LogP contribution in [0.4, 0.5) is 0 Å². The lowest BCUT2D eigenvalue weighted by Crippen LogP contribution is -2.59. The molecular formula is C33H62O7Si4. The SMILES string of the molecule is C[SiH2]OC(O[SiH2]C)C(C)(C)C1CC2=CC=C3[C@@H]4CC[C@](O)(C(=O)CO)[C@@]4(C)CC[C@@H]3[C@@]2(C)C(C(C)(C)C(O[SiH2]C)O[SiH2]C)C1. The van der Waals surface area contributed by atoms with Crippen molar-refractivity contribution in [3.8, 4) is 0 Å². The first-order chi connectivity index (χ1) is 20.6. The largest absolute Gasteiger partial charge is 0.400 e. The summed E-state index contributed by atoms with van der Waals surface area (Å²) in [5, 5.41) is 21.5. The molecule has 3 fully saturated rings. The van der Waals surface area contributed by atoms with Crippen LogP contribution in [0.2, 0.25) is 26.2 Å². The average molecular weight is 683 g/mol. The van der Waals surface area contributed by atoms with Gasteiger partial charge in [0.05, 0.1) is 0 Å². The van der Waals surface area contributed by atoms with Crippen molar-refractivity contribution >= 4 is 44.8 Å². The molecule has 4 rings (SSSR count). The zero-order valence-corrected chi connectivity index (χ0v) is 35.0. The summed E-state index contributed by atoms with van der Waals surface area (Å²) in [5.74, 6) is 0.710. The van der Waals surface area contributed by atoms with E-state index in [-0.39, 0.29) is 34.7 Å². The minimum Gasteiger partial charge on any atom is -0.400 e. The van der Waals surface area contributed by atoms with Gasteiger partial charge in [0.25, 0.3) is 0 Å². The van der Waals surface area contributed by atoms with Crippen molar-refractivity contribution in [2.75, 3.05) is 6.61 Å². The number of aliphatic hydroxyl groups excluding tert-OH is 1. The number of ketones is 1. The third-order valence-corrected chi connectivity index (χ3v) is 15.5. The van der Waals surface area contributed by atoms with Gasteiger partial charge < -0.3 is 27.9 Å². The maximum atomic E-state index is 12.9. The standard InChI is InChI=1S/C33H62O7Si4/c1-29(2,27(37-41-7)38-42-8)21-17-20-11-12-22-23-14-16-33(36,26(35)19-34)31(23,5)15-13-24(22)32(20,6)25(18-21)30(3,4)28(39-43-9)40-44-10/h11-12,21,23-25,27-28,34,36H,13-19,41-44H2,1-10H3/t21?,23-,24-,25?,31-,32-,33-/m0/s1. The van der Waals surface area contributed by atoms with Crippen LogP contribution in [0.3, 0.4) is 0 Å². The molecule has 0 heterocycles. The Morgan fingerprint density at radius 1 is 0.886 bits per heavy atom. The third-order valence-electron chi connectivity index (χ3n) is 12.9. The normalized spacial score (nSPS) is 38.0. The Morgan fingerprint density at radius 2 is 1.41 bits per heavy atom. The highest BCUT2D eigenvalue weighted by molar-refractivity contribution is 6.26. The summed E-state index contributed by atoms with van der Waals surface area (Å²) >= 11 is 0. The number of fused-ring (bicyclic) bond motifs is 5. The highest BCUT2D eigenvalue weighted by Gasteiger charge is 2.67.